The predicted molar refractivity (Wildman–Crippen MR) is 76.4 cm³/mol. The summed E-state index contributed by atoms with van der Waals surface area (Å²) in [5.74, 6) is 0.215. The molecule has 0 radical (unpaired) electrons. The van der Waals surface area contributed by atoms with Gasteiger partial charge in [0.2, 0.25) is 5.91 Å². The third kappa shape index (κ3) is 7.70. The lowest BCUT2D eigenvalue weighted by atomic mass is 10.1. The van der Waals surface area contributed by atoms with E-state index in [0.717, 1.165) is 12.8 Å². The minimum atomic E-state index is 0.165. The number of carbonyl (C=O) groups excluding carboxylic acids is 1. The number of amides is 1. The van der Waals surface area contributed by atoms with E-state index in [1.54, 1.807) is 0 Å². The molecule has 0 bridgehead atoms. The molecule has 1 saturated heterocycles. The van der Waals surface area contributed by atoms with E-state index in [1.807, 2.05) is 0 Å². The van der Waals surface area contributed by atoms with Gasteiger partial charge in [-0.15, -0.1) is 0 Å². The monoisotopic (exact) mass is 254 g/mol. The lowest BCUT2D eigenvalue weighted by molar-refractivity contribution is -0.122. The van der Waals surface area contributed by atoms with Crippen molar-refractivity contribution in [3.8, 4) is 0 Å². The number of hydrogen-bond donors (Lipinski definition) is 2. The molecule has 1 fully saturated rings. The molecule has 1 unspecified atom stereocenters. The predicted octanol–water partition coefficient (Wildman–Crippen LogP) is 3.34. The van der Waals surface area contributed by atoms with Gasteiger partial charge in [0.25, 0.3) is 0 Å². The molecule has 0 aromatic rings. The van der Waals surface area contributed by atoms with E-state index in [1.165, 1.54) is 44.9 Å². The smallest absolute Gasteiger partial charge is 0.221 e. The van der Waals surface area contributed by atoms with Crippen LogP contribution in [0.25, 0.3) is 0 Å². The summed E-state index contributed by atoms with van der Waals surface area (Å²) in [5.41, 5.74) is 0. The fraction of sp³-hybridized carbons (Fsp3) is 0.933. The molecule has 106 valence electrons. The molecule has 1 aliphatic rings. The normalized spacial score (nSPS) is 24.8. The standard InChI is InChI=1S/C15H30N2O/c1-13(2)16-14-11-9-7-5-3-4-6-8-10-12-15(18)17-14/h13-14,16H,3-12H2,1-2H3,(H,17,18). The van der Waals surface area contributed by atoms with E-state index >= 15 is 0 Å². The average Bonchev–Trinajstić information content (AvgIpc) is 2.31. The number of rotatable bonds is 2. The molecule has 0 aromatic heterocycles. The molecule has 2 N–H and O–H groups in total. The topological polar surface area (TPSA) is 41.1 Å². The SMILES string of the molecule is CC(C)NC1CCCCCCCCCCC(=O)N1. The second-order valence-electron chi connectivity index (χ2n) is 5.81. The van der Waals surface area contributed by atoms with Crippen LogP contribution in [-0.2, 0) is 4.79 Å². The molecule has 1 rings (SSSR count). The summed E-state index contributed by atoms with van der Waals surface area (Å²) in [7, 11) is 0. The molecule has 0 saturated carbocycles. The van der Waals surface area contributed by atoms with Crippen molar-refractivity contribution in [1.82, 2.24) is 10.6 Å². The zero-order valence-corrected chi connectivity index (χ0v) is 12.1. The lowest BCUT2D eigenvalue weighted by Gasteiger charge is -2.22. The van der Waals surface area contributed by atoms with Gasteiger partial charge in [0.15, 0.2) is 0 Å². The summed E-state index contributed by atoms with van der Waals surface area (Å²) >= 11 is 0. The van der Waals surface area contributed by atoms with Gasteiger partial charge < -0.3 is 5.32 Å². The van der Waals surface area contributed by atoms with Crippen LogP contribution in [0.3, 0.4) is 0 Å². The van der Waals surface area contributed by atoms with Crippen LogP contribution in [0, 0.1) is 0 Å². The van der Waals surface area contributed by atoms with Gasteiger partial charge in [-0.3, -0.25) is 10.1 Å². The Bertz CT molecular complexity index is 229. The van der Waals surface area contributed by atoms with Crippen molar-refractivity contribution in [3.05, 3.63) is 0 Å². The Morgan fingerprint density at radius 2 is 1.56 bits per heavy atom. The molecule has 1 heterocycles. The van der Waals surface area contributed by atoms with Gasteiger partial charge in [-0.25, -0.2) is 0 Å². The molecule has 3 heteroatoms. The molecule has 1 aliphatic heterocycles. The third-order valence-corrected chi connectivity index (χ3v) is 3.52. The Balaban J connectivity index is 2.40. The highest BCUT2D eigenvalue weighted by Crippen LogP contribution is 2.12. The fourth-order valence-corrected chi connectivity index (χ4v) is 2.56. The van der Waals surface area contributed by atoms with Crippen LogP contribution in [0.2, 0.25) is 0 Å². The molecule has 1 atom stereocenters. The molecule has 3 nitrogen and oxygen atoms in total. The van der Waals surface area contributed by atoms with E-state index in [9.17, 15) is 4.79 Å². The van der Waals surface area contributed by atoms with Crippen molar-refractivity contribution in [2.24, 2.45) is 0 Å². The highest BCUT2D eigenvalue weighted by molar-refractivity contribution is 5.76. The van der Waals surface area contributed by atoms with Crippen LogP contribution in [0.4, 0.5) is 0 Å². The molecule has 0 spiro atoms. The van der Waals surface area contributed by atoms with Crippen molar-refractivity contribution in [2.75, 3.05) is 0 Å². The zero-order chi connectivity index (χ0) is 13.2. The quantitative estimate of drug-likeness (QED) is 0.793. The maximum Gasteiger partial charge on any atom is 0.221 e. The maximum absolute atomic E-state index is 11.8. The van der Waals surface area contributed by atoms with Crippen molar-refractivity contribution in [2.45, 2.75) is 90.3 Å². The summed E-state index contributed by atoms with van der Waals surface area (Å²) in [6.45, 7) is 4.26. The van der Waals surface area contributed by atoms with E-state index < -0.39 is 0 Å². The summed E-state index contributed by atoms with van der Waals surface area (Å²) in [5, 5.41) is 6.58. The zero-order valence-electron chi connectivity index (χ0n) is 12.1. The van der Waals surface area contributed by atoms with Crippen LogP contribution in [0.1, 0.15) is 78.1 Å². The summed E-state index contributed by atoms with van der Waals surface area (Å²) in [6.07, 6.45) is 12.0. The minimum Gasteiger partial charge on any atom is -0.341 e. The summed E-state index contributed by atoms with van der Waals surface area (Å²) in [6, 6.07) is 0.422. The van der Waals surface area contributed by atoms with E-state index in [0.29, 0.717) is 12.5 Å². The van der Waals surface area contributed by atoms with Crippen molar-refractivity contribution >= 4 is 5.91 Å². The van der Waals surface area contributed by atoms with Crippen LogP contribution in [0.15, 0.2) is 0 Å². The Morgan fingerprint density at radius 1 is 1.00 bits per heavy atom. The first-order chi connectivity index (χ1) is 8.68. The second-order valence-corrected chi connectivity index (χ2v) is 5.81. The first kappa shape index (κ1) is 15.5. The summed E-state index contributed by atoms with van der Waals surface area (Å²) in [4.78, 5) is 11.8. The van der Waals surface area contributed by atoms with Gasteiger partial charge in [0.05, 0.1) is 6.17 Å². The Kier molecular flexibility index (Phi) is 8.06. The first-order valence-electron chi connectivity index (χ1n) is 7.74. The Labute approximate surface area is 112 Å². The van der Waals surface area contributed by atoms with E-state index in [4.69, 9.17) is 0 Å². The second kappa shape index (κ2) is 9.37. The third-order valence-electron chi connectivity index (χ3n) is 3.52. The molecule has 1 amide bonds. The number of carbonyl (C=O) groups is 1. The first-order valence-corrected chi connectivity index (χ1v) is 7.74. The molecule has 0 aliphatic carbocycles. The highest BCUT2D eigenvalue weighted by atomic mass is 16.1. The molecule has 18 heavy (non-hydrogen) atoms. The van der Waals surface area contributed by atoms with Crippen LogP contribution in [0.5, 0.6) is 0 Å². The van der Waals surface area contributed by atoms with E-state index in [2.05, 4.69) is 24.5 Å². The Hall–Kier alpha value is -0.570. The molecule has 0 aromatic carbocycles. The largest absolute Gasteiger partial charge is 0.341 e. The molecular formula is C15H30N2O. The van der Waals surface area contributed by atoms with Gasteiger partial charge in [-0.1, -0.05) is 44.9 Å². The average molecular weight is 254 g/mol. The number of nitrogens with one attached hydrogen (secondary N) is 2. The highest BCUT2D eigenvalue weighted by Gasteiger charge is 2.12. The lowest BCUT2D eigenvalue weighted by Crippen LogP contribution is -2.48. The number of hydrogen-bond acceptors (Lipinski definition) is 2. The molecular weight excluding hydrogens is 224 g/mol. The Morgan fingerprint density at radius 3 is 2.17 bits per heavy atom. The van der Waals surface area contributed by atoms with Crippen LogP contribution < -0.4 is 10.6 Å². The van der Waals surface area contributed by atoms with Crippen LogP contribution in [-0.4, -0.2) is 18.1 Å². The maximum atomic E-state index is 11.8. The fourth-order valence-electron chi connectivity index (χ4n) is 2.56. The van der Waals surface area contributed by atoms with Gasteiger partial charge in [0, 0.05) is 12.5 Å². The van der Waals surface area contributed by atoms with Crippen molar-refractivity contribution in [3.63, 3.8) is 0 Å². The van der Waals surface area contributed by atoms with Crippen molar-refractivity contribution < 1.29 is 4.79 Å². The summed E-state index contributed by atoms with van der Waals surface area (Å²) < 4.78 is 0. The van der Waals surface area contributed by atoms with Gasteiger partial charge in [-0.2, -0.15) is 0 Å². The van der Waals surface area contributed by atoms with Gasteiger partial charge >= 0.3 is 0 Å². The van der Waals surface area contributed by atoms with Gasteiger partial charge in [0.1, 0.15) is 0 Å². The van der Waals surface area contributed by atoms with Crippen molar-refractivity contribution in [1.29, 1.82) is 0 Å². The van der Waals surface area contributed by atoms with Crippen LogP contribution >= 0.6 is 0 Å². The minimum absolute atomic E-state index is 0.165. The van der Waals surface area contributed by atoms with Gasteiger partial charge in [-0.05, 0) is 26.7 Å². The van der Waals surface area contributed by atoms with E-state index in [-0.39, 0.29) is 12.1 Å².